The minimum absolute atomic E-state index is 0.163. The van der Waals surface area contributed by atoms with E-state index < -0.39 is 0 Å². The quantitative estimate of drug-likeness (QED) is 0.628. The first-order valence-corrected chi connectivity index (χ1v) is 4.10. The van der Waals surface area contributed by atoms with Crippen LogP contribution < -0.4 is 10.6 Å². The maximum Gasteiger partial charge on any atom is 0.323 e. The lowest BCUT2D eigenvalue weighted by Gasteiger charge is -2.06. The number of aromatic hydroxyl groups is 1. The number of nitrogens with one attached hydrogen (secondary N) is 2. The third-order valence-corrected chi connectivity index (χ3v) is 1.45. The molecule has 0 saturated heterocycles. The van der Waals surface area contributed by atoms with Gasteiger partial charge in [-0.1, -0.05) is 6.58 Å². The summed E-state index contributed by atoms with van der Waals surface area (Å²) in [6, 6.07) is 5.86. The van der Waals surface area contributed by atoms with Gasteiger partial charge in [0.15, 0.2) is 0 Å². The van der Waals surface area contributed by atoms with Crippen LogP contribution in [0.5, 0.6) is 5.75 Å². The monoisotopic (exact) mass is 192 g/mol. The number of benzene rings is 1. The van der Waals surface area contributed by atoms with Crippen molar-refractivity contribution in [2.75, 3.05) is 5.32 Å². The van der Waals surface area contributed by atoms with Crippen LogP contribution in [0.3, 0.4) is 0 Å². The van der Waals surface area contributed by atoms with Crippen molar-refractivity contribution in [2.45, 2.75) is 6.92 Å². The zero-order chi connectivity index (χ0) is 10.6. The number of phenolic OH excluding ortho intramolecular Hbond substituents is 1. The van der Waals surface area contributed by atoms with Crippen LogP contribution in [0.4, 0.5) is 10.5 Å². The predicted molar refractivity (Wildman–Crippen MR) is 55.1 cm³/mol. The highest BCUT2D eigenvalue weighted by Crippen LogP contribution is 2.13. The molecule has 0 aliphatic carbocycles. The van der Waals surface area contributed by atoms with Crippen LogP contribution in [-0.4, -0.2) is 11.1 Å². The lowest BCUT2D eigenvalue weighted by Crippen LogP contribution is -2.26. The Balaban J connectivity index is 2.56. The molecule has 4 nitrogen and oxygen atoms in total. The first-order chi connectivity index (χ1) is 6.58. The van der Waals surface area contributed by atoms with Crippen LogP contribution >= 0.6 is 0 Å². The average molecular weight is 192 g/mol. The Labute approximate surface area is 82.3 Å². The van der Waals surface area contributed by atoms with Crippen LogP contribution in [-0.2, 0) is 0 Å². The van der Waals surface area contributed by atoms with Gasteiger partial charge in [-0.2, -0.15) is 0 Å². The van der Waals surface area contributed by atoms with Crippen LogP contribution in [0.2, 0.25) is 0 Å². The topological polar surface area (TPSA) is 61.4 Å². The Morgan fingerprint density at radius 2 is 1.93 bits per heavy atom. The summed E-state index contributed by atoms with van der Waals surface area (Å²) in [6.07, 6.45) is 0. The molecule has 0 heterocycles. The normalized spacial score (nSPS) is 9.21. The van der Waals surface area contributed by atoms with E-state index in [1.165, 1.54) is 12.1 Å². The van der Waals surface area contributed by atoms with Crippen LogP contribution in [0.15, 0.2) is 36.5 Å². The van der Waals surface area contributed by atoms with Crippen molar-refractivity contribution in [1.82, 2.24) is 5.32 Å². The van der Waals surface area contributed by atoms with E-state index in [-0.39, 0.29) is 11.8 Å². The molecule has 0 bridgehead atoms. The van der Waals surface area contributed by atoms with Crippen LogP contribution in [0.25, 0.3) is 0 Å². The summed E-state index contributed by atoms with van der Waals surface area (Å²) in [6.45, 7) is 5.23. The number of hydrogen-bond acceptors (Lipinski definition) is 2. The molecule has 0 aliphatic heterocycles. The van der Waals surface area contributed by atoms with E-state index in [9.17, 15) is 4.79 Å². The molecule has 0 aromatic heterocycles. The summed E-state index contributed by atoms with van der Waals surface area (Å²) < 4.78 is 0. The van der Waals surface area contributed by atoms with Gasteiger partial charge in [0.25, 0.3) is 0 Å². The van der Waals surface area contributed by atoms with Crippen molar-refractivity contribution in [3.8, 4) is 5.75 Å². The lowest BCUT2D eigenvalue weighted by atomic mass is 10.3. The van der Waals surface area contributed by atoms with E-state index in [2.05, 4.69) is 17.2 Å². The average Bonchev–Trinajstić information content (AvgIpc) is 2.07. The smallest absolute Gasteiger partial charge is 0.323 e. The number of phenols is 1. The van der Waals surface area contributed by atoms with Crippen molar-refractivity contribution in [3.05, 3.63) is 36.5 Å². The van der Waals surface area contributed by atoms with Gasteiger partial charge in [0.1, 0.15) is 5.75 Å². The highest BCUT2D eigenvalue weighted by Gasteiger charge is 2.00. The minimum Gasteiger partial charge on any atom is -0.508 e. The SMILES string of the molecule is C=C(C)NC(=O)Nc1ccc(O)cc1. The molecule has 1 aromatic carbocycles. The molecule has 0 aliphatic rings. The maximum absolute atomic E-state index is 11.2. The molecule has 0 unspecified atom stereocenters. The number of amides is 2. The van der Waals surface area contributed by atoms with Crippen LogP contribution in [0, 0.1) is 0 Å². The number of allylic oxidation sites excluding steroid dienone is 1. The number of anilines is 1. The molecular formula is C10H12N2O2. The zero-order valence-electron chi connectivity index (χ0n) is 7.87. The fourth-order valence-corrected chi connectivity index (χ4v) is 0.901. The molecule has 0 radical (unpaired) electrons. The van der Waals surface area contributed by atoms with Crippen molar-refractivity contribution >= 4 is 11.7 Å². The van der Waals surface area contributed by atoms with Crippen molar-refractivity contribution in [2.24, 2.45) is 0 Å². The standard InChI is InChI=1S/C10H12N2O2/c1-7(2)11-10(14)12-8-3-5-9(13)6-4-8/h3-6,13H,1H2,2H3,(H2,11,12,14). The van der Waals surface area contributed by atoms with E-state index in [1.807, 2.05) is 0 Å². The number of carbonyl (C=O) groups is 1. The Morgan fingerprint density at radius 3 is 2.43 bits per heavy atom. The van der Waals surface area contributed by atoms with Crippen LogP contribution in [0.1, 0.15) is 6.92 Å². The number of rotatable bonds is 2. The van der Waals surface area contributed by atoms with Gasteiger partial charge in [-0.15, -0.1) is 0 Å². The van der Waals surface area contributed by atoms with Gasteiger partial charge in [0.05, 0.1) is 0 Å². The predicted octanol–water partition coefficient (Wildman–Crippen LogP) is 2.05. The highest BCUT2D eigenvalue weighted by atomic mass is 16.3. The summed E-state index contributed by atoms with van der Waals surface area (Å²) in [5.74, 6) is 0.163. The van der Waals surface area contributed by atoms with Gasteiger partial charge in [-0.05, 0) is 31.2 Å². The number of hydrogen-bond donors (Lipinski definition) is 3. The molecule has 1 aromatic rings. The Kier molecular flexibility index (Phi) is 3.12. The largest absolute Gasteiger partial charge is 0.508 e. The first-order valence-electron chi connectivity index (χ1n) is 4.10. The van der Waals surface area contributed by atoms with E-state index in [0.717, 1.165) is 0 Å². The molecule has 4 heteroatoms. The second-order valence-corrected chi connectivity index (χ2v) is 2.91. The molecule has 74 valence electrons. The van der Waals surface area contributed by atoms with E-state index in [4.69, 9.17) is 5.11 Å². The minimum atomic E-state index is -0.344. The third-order valence-electron chi connectivity index (χ3n) is 1.45. The molecule has 0 saturated carbocycles. The molecule has 0 atom stereocenters. The molecule has 1 rings (SSSR count). The van der Waals surface area contributed by atoms with Gasteiger partial charge < -0.3 is 15.7 Å². The molecule has 0 spiro atoms. The van der Waals surface area contributed by atoms with Gasteiger partial charge >= 0.3 is 6.03 Å². The zero-order valence-corrected chi connectivity index (χ0v) is 7.87. The fourth-order valence-electron chi connectivity index (χ4n) is 0.901. The van der Waals surface area contributed by atoms with Gasteiger partial charge in [0, 0.05) is 11.4 Å². The molecule has 2 amide bonds. The Bertz CT molecular complexity index is 344. The summed E-state index contributed by atoms with van der Waals surface area (Å²) in [5, 5.41) is 14.1. The second-order valence-electron chi connectivity index (χ2n) is 2.91. The molecular weight excluding hydrogens is 180 g/mol. The van der Waals surface area contributed by atoms with E-state index in [0.29, 0.717) is 11.4 Å². The molecule has 14 heavy (non-hydrogen) atoms. The number of urea groups is 1. The van der Waals surface area contributed by atoms with E-state index in [1.54, 1.807) is 19.1 Å². The summed E-state index contributed by atoms with van der Waals surface area (Å²) in [7, 11) is 0. The third kappa shape index (κ3) is 3.18. The van der Waals surface area contributed by atoms with Gasteiger partial charge in [-0.3, -0.25) is 0 Å². The second kappa shape index (κ2) is 4.32. The first kappa shape index (κ1) is 10.1. The van der Waals surface area contributed by atoms with Crippen molar-refractivity contribution in [3.63, 3.8) is 0 Å². The lowest BCUT2D eigenvalue weighted by molar-refractivity contribution is 0.254. The van der Waals surface area contributed by atoms with E-state index >= 15 is 0 Å². The maximum atomic E-state index is 11.2. The Hall–Kier alpha value is -1.97. The molecule has 3 N–H and O–H groups in total. The summed E-state index contributed by atoms with van der Waals surface area (Å²) in [4.78, 5) is 11.2. The number of carbonyl (C=O) groups excluding carboxylic acids is 1. The Morgan fingerprint density at radius 1 is 1.36 bits per heavy atom. The summed E-state index contributed by atoms with van der Waals surface area (Å²) in [5.41, 5.74) is 1.18. The highest BCUT2D eigenvalue weighted by molar-refractivity contribution is 5.90. The van der Waals surface area contributed by atoms with Crippen molar-refractivity contribution < 1.29 is 9.90 Å². The van der Waals surface area contributed by atoms with Gasteiger partial charge in [0.2, 0.25) is 0 Å². The summed E-state index contributed by atoms with van der Waals surface area (Å²) >= 11 is 0. The molecule has 0 fully saturated rings. The fraction of sp³-hybridized carbons (Fsp3) is 0.100. The van der Waals surface area contributed by atoms with Crippen molar-refractivity contribution in [1.29, 1.82) is 0 Å². The van der Waals surface area contributed by atoms with Gasteiger partial charge in [-0.25, -0.2) is 4.79 Å².